The van der Waals surface area contributed by atoms with Crippen LogP contribution in [0.3, 0.4) is 0 Å². The minimum atomic E-state index is -2.41. The van der Waals surface area contributed by atoms with E-state index in [-0.39, 0.29) is 31.2 Å². The second kappa shape index (κ2) is 5.23. The third-order valence-corrected chi connectivity index (χ3v) is 2.84. The third-order valence-electron chi connectivity index (χ3n) is 2.84. The summed E-state index contributed by atoms with van der Waals surface area (Å²) in [5.41, 5.74) is 5.15. The zero-order chi connectivity index (χ0) is 12.3. The van der Waals surface area contributed by atoms with Crippen LogP contribution in [0.4, 0.5) is 8.78 Å². The Hall–Kier alpha value is -1.20. The number of amides is 2. The number of rotatable bonds is 5. The lowest BCUT2D eigenvalue weighted by Crippen LogP contribution is -2.45. The Morgan fingerprint density at radius 2 is 2.25 bits per heavy atom. The lowest BCUT2D eigenvalue weighted by atomic mass is 10.1. The Balaban J connectivity index is 2.63. The van der Waals surface area contributed by atoms with Crippen molar-refractivity contribution in [3.8, 4) is 0 Å². The van der Waals surface area contributed by atoms with Gasteiger partial charge in [0.05, 0.1) is 0 Å². The van der Waals surface area contributed by atoms with E-state index in [1.807, 2.05) is 0 Å². The second-order valence-electron chi connectivity index (χ2n) is 4.07. The molecular formula is C10H16F2N2O2. The molecule has 6 heteroatoms. The zero-order valence-electron chi connectivity index (χ0n) is 9.16. The van der Waals surface area contributed by atoms with Gasteiger partial charge >= 0.3 is 0 Å². The first-order chi connectivity index (χ1) is 7.45. The Labute approximate surface area is 92.8 Å². The summed E-state index contributed by atoms with van der Waals surface area (Å²) >= 11 is 0. The Bertz CT molecular complexity index is 284. The lowest BCUT2D eigenvalue weighted by Gasteiger charge is -2.24. The molecule has 0 saturated carbocycles. The maximum Gasteiger partial charge on any atom is 0.240 e. The number of nitrogens with two attached hydrogens (primary N) is 1. The number of likely N-dealkylation sites (tertiary alicyclic amines) is 1. The lowest BCUT2D eigenvalue weighted by molar-refractivity contribution is -0.136. The van der Waals surface area contributed by atoms with E-state index in [0.29, 0.717) is 6.42 Å². The van der Waals surface area contributed by atoms with Crippen LogP contribution in [-0.4, -0.2) is 35.7 Å². The predicted molar refractivity (Wildman–Crippen MR) is 53.7 cm³/mol. The molecule has 1 aliphatic heterocycles. The van der Waals surface area contributed by atoms with Gasteiger partial charge in [-0.1, -0.05) is 6.92 Å². The SMILES string of the molecule is CC[C@@H](C(N)=O)N1C[C@H](CC(F)F)CC1=O. The summed E-state index contributed by atoms with van der Waals surface area (Å²) in [7, 11) is 0. The van der Waals surface area contributed by atoms with Crippen molar-refractivity contribution in [3.63, 3.8) is 0 Å². The molecule has 1 heterocycles. The van der Waals surface area contributed by atoms with E-state index >= 15 is 0 Å². The third kappa shape index (κ3) is 2.90. The van der Waals surface area contributed by atoms with E-state index in [9.17, 15) is 18.4 Å². The van der Waals surface area contributed by atoms with Gasteiger partial charge in [0.25, 0.3) is 0 Å². The topological polar surface area (TPSA) is 63.4 Å². The summed E-state index contributed by atoms with van der Waals surface area (Å²) in [6, 6.07) is -0.657. The van der Waals surface area contributed by atoms with Gasteiger partial charge in [0.15, 0.2) is 0 Å². The van der Waals surface area contributed by atoms with Crippen molar-refractivity contribution >= 4 is 11.8 Å². The van der Waals surface area contributed by atoms with Gasteiger partial charge in [-0.15, -0.1) is 0 Å². The summed E-state index contributed by atoms with van der Waals surface area (Å²) in [4.78, 5) is 23.9. The van der Waals surface area contributed by atoms with Crippen molar-refractivity contribution in [2.24, 2.45) is 11.7 Å². The normalized spacial score (nSPS) is 22.9. The van der Waals surface area contributed by atoms with E-state index in [1.54, 1.807) is 6.92 Å². The summed E-state index contributed by atoms with van der Waals surface area (Å²) < 4.78 is 24.3. The van der Waals surface area contributed by atoms with E-state index < -0.39 is 18.4 Å². The molecule has 1 rings (SSSR count). The Kier molecular flexibility index (Phi) is 4.20. The smallest absolute Gasteiger partial charge is 0.240 e. The van der Waals surface area contributed by atoms with Crippen molar-refractivity contribution in [1.82, 2.24) is 4.90 Å². The fourth-order valence-corrected chi connectivity index (χ4v) is 2.09. The Morgan fingerprint density at radius 3 is 2.69 bits per heavy atom. The molecule has 2 atom stereocenters. The molecule has 4 nitrogen and oxygen atoms in total. The molecule has 1 fully saturated rings. The molecule has 0 bridgehead atoms. The number of halogens is 2. The summed E-state index contributed by atoms with van der Waals surface area (Å²) in [6.45, 7) is 1.95. The number of carbonyl (C=O) groups excluding carboxylic acids is 2. The maximum atomic E-state index is 12.2. The zero-order valence-corrected chi connectivity index (χ0v) is 9.16. The second-order valence-corrected chi connectivity index (χ2v) is 4.07. The molecule has 0 unspecified atom stereocenters. The van der Waals surface area contributed by atoms with Gasteiger partial charge in [-0.05, 0) is 12.3 Å². The highest BCUT2D eigenvalue weighted by Gasteiger charge is 2.36. The highest BCUT2D eigenvalue weighted by atomic mass is 19.3. The van der Waals surface area contributed by atoms with Gasteiger partial charge in [-0.25, -0.2) is 8.78 Å². The summed E-state index contributed by atoms with van der Waals surface area (Å²) in [5, 5.41) is 0. The van der Waals surface area contributed by atoms with Crippen LogP contribution in [0.1, 0.15) is 26.2 Å². The van der Waals surface area contributed by atoms with Crippen LogP contribution >= 0.6 is 0 Å². The molecule has 0 spiro atoms. The Morgan fingerprint density at radius 1 is 1.62 bits per heavy atom. The van der Waals surface area contributed by atoms with E-state index in [2.05, 4.69) is 0 Å². The monoisotopic (exact) mass is 234 g/mol. The number of carbonyl (C=O) groups is 2. The molecule has 16 heavy (non-hydrogen) atoms. The molecule has 2 amide bonds. The van der Waals surface area contributed by atoms with Gasteiger partial charge in [0.2, 0.25) is 18.2 Å². The van der Waals surface area contributed by atoms with Gasteiger partial charge in [0.1, 0.15) is 6.04 Å². The molecule has 2 N–H and O–H groups in total. The molecule has 0 aromatic rings. The van der Waals surface area contributed by atoms with Crippen molar-refractivity contribution in [1.29, 1.82) is 0 Å². The van der Waals surface area contributed by atoms with Gasteiger partial charge < -0.3 is 10.6 Å². The van der Waals surface area contributed by atoms with E-state index in [1.165, 1.54) is 4.90 Å². The van der Waals surface area contributed by atoms with Crippen LogP contribution in [0.5, 0.6) is 0 Å². The molecule has 1 saturated heterocycles. The van der Waals surface area contributed by atoms with E-state index in [4.69, 9.17) is 5.73 Å². The van der Waals surface area contributed by atoms with Crippen LogP contribution < -0.4 is 5.73 Å². The molecule has 0 aromatic carbocycles. The minimum absolute atomic E-state index is 0.0914. The van der Waals surface area contributed by atoms with Crippen LogP contribution in [0.2, 0.25) is 0 Å². The quantitative estimate of drug-likeness (QED) is 0.763. The molecule has 0 radical (unpaired) electrons. The highest BCUT2D eigenvalue weighted by Crippen LogP contribution is 2.26. The first kappa shape index (κ1) is 12.9. The average molecular weight is 234 g/mol. The summed E-state index contributed by atoms with van der Waals surface area (Å²) in [5.74, 6) is -1.19. The predicted octanol–water partition coefficient (Wildman–Crippen LogP) is 0.754. The number of hydrogen-bond donors (Lipinski definition) is 1. The van der Waals surface area contributed by atoms with Crippen LogP contribution in [0.25, 0.3) is 0 Å². The number of primary amides is 1. The average Bonchev–Trinajstić information content (AvgIpc) is 2.46. The van der Waals surface area contributed by atoms with Gasteiger partial charge in [-0.2, -0.15) is 0 Å². The standard InChI is InChI=1S/C10H16F2N2O2/c1-2-7(10(13)16)14-5-6(3-8(11)12)4-9(14)15/h6-8H,2-5H2,1H3,(H2,13,16)/t6-,7+/m1/s1. The number of hydrogen-bond acceptors (Lipinski definition) is 2. The number of nitrogens with zero attached hydrogens (tertiary/aromatic N) is 1. The molecular weight excluding hydrogens is 218 g/mol. The number of alkyl halides is 2. The van der Waals surface area contributed by atoms with Crippen molar-refractivity contribution in [3.05, 3.63) is 0 Å². The first-order valence-corrected chi connectivity index (χ1v) is 5.32. The summed E-state index contributed by atoms with van der Waals surface area (Å²) in [6.07, 6.45) is -2.19. The van der Waals surface area contributed by atoms with E-state index in [0.717, 1.165) is 0 Å². The van der Waals surface area contributed by atoms with Crippen LogP contribution in [0, 0.1) is 5.92 Å². The molecule has 0 aromatic heterocycles. The first-order valence-electron chi connectivity index (χ1n) is 5.32. The van der Waals surface area contributed by atoms with Gasteiger partial charge in [0, 0.05) is 19.4 Å². The molecule has 92 valence electrons. The molecule has 1 aliphatic rings. The van der Waals surface area contributed by atoms with Gasteiger partial charge in [-0.3, -0.25) is 9.59 Å². The van der Waals surface area contributed by atoms with Crippen molar-refractivity contribution in [2.45, 2.75) is 38.7 Å². The fourth-order valence-electron chi connectivity index (χ4n) is 2.09. The fraction of sp³-hybridized carbons (Fsp3) is 0.800. The minimum Gasteiger partial charge on any atom is -0.368 e. The maximum absolute atomic E-state index is 12.2. The van der Waals surface area contributed by atoms with Crippen molar-refractivity contribution in [2.75, 3.05) is 6.54 Å². The highest BCUT2D eigenvalue weighted by molar-refractivity contribution is 5.87. The van der Waals surface area contributed by atoms with Crippen LogP contribution in [-0.2, 0) is 9.59 Å². The van der Waals surface area contributed by atoms with Crippen molar-refractivity contribution < 1.29 is 18.4 Å². The molecule has 0 aliphatic carbocycles. The largest absolute Gasteiger partial charge is 0.368 e. The van der Waals surface area contributed by atoms with Crippen LogP contribution in [0.15, 0.2) is 0 Å².